The molecule has 2 rings (SSSR count). The van der Waals surface area contributed by atoms with Gasteiger partial charge in [0, 0.05) is 12.5 Å². The van der Waals surface area contributed by atoms with Gasteiger partial charge in [0.05, 0.1) is 24.3 Å². The Morgan fingerprint density at radius 1 is 1.10 bits per heavy atom. The van der Waals surface area contributed by atoms with Crippen LogP contribution in [-0.2, 0) is 6.42 Å². The van der Waals surface area contributed by atoms with Crippen molar-refractivity contribution in [3.8, 4) is 11.5 Å². The van der Waals surface area contributed by atoms with Gasteiger partial charge in [0.25, 0.3) is 0 Å². The molecular formula is C16H14BrFO3. The van der Waals surface area contributed by atoms with Crippen LogP contribution in [0.1, 0.15) is 15.9 Å². The first-order chi connectivity index (χ1) is 10.0. The number of benzene rings is 2. The van der Waals surface area contributed by atoms with Crippen molar-refractivity contribution in [3.63, 3.8) is 0 Å². The maximum absolute atomic E-state index is 12.9. The second-order valence-corrected chi connectivity index (χ2v) is 5.27. The fourth-order valence-corrected chi connectivity index (χ4v) is 2.47. The molecule has 0 unspecified atom stereocenters. The van der Waals surface area contributed by atoms with E-state index in [9.17, 15) is 9.18 Å². The molecule has 0 fully saturated rings. The molecule has 0 N–H and O–H groups in total. The summed E-state index contributed by atoms with van der Waals surface area (Å²) in [5, 5.41) is 0. The van der Waals surface area contributed by atoms with Crippen LogP contribution in [0, 0.1) is 5.82 Å². The average Bonchev–Trinajstić information content (AvgIpc) is 2.49. The summed E-state index contributed by atoms with van der Waals surface area (Å²) in [7, 11) is 3.04. The highest BCUT2D eigenvalue weighted by Gasteiger charge is 2.16. The molecule has 0 aliphatic rings. The zero-order valence-electron chi connectivity index (χ0n) is 11.7. The number of hydrogen-bond donors (Lipinski definition) is 0. The van der Waals surface area contributed by atoms with E-state index in [1.165, 1.54) is 19.2 Å². The van der Waals surface area contributed by atoms with E-state index in [-0.39, 0.29) is 18.0 Å². The highest BCUT2D eigenvalue weighted by atomic mass is 79.9. The summed E-state index contributed by atoms with van der Waals surface area (Å²) in [5.74, 6) is 0.602. The van der Waals surface area contributed by atoms with Crippen LogP contribution in [0.15, 0.2) is 40.9 Å². The largest absolute Gasteiger partial charge is 0.496 e. The fourth-order valence-electron chi connectivity index (χ4n) is 1.96. The maximum Gasteiger partial charge on any atom is 0.171 e. The van der Waals surface area contributed by atoms with E-state index in [2.05, 4.69) is 15.9 Å². The third-order valence-corrected chi connectivity index (χ3v) is 3.67. The first-order valence-corrected chi connectivity index (χ1v) is 7.03. The van der Waals surface area contributed by atoms with Gasteiger partial charge in [-0.15, -0.1) is 0 Å². The summed E-state index contributed by atoms with van der Waals surface area (Å²) in [6, 6.07) is 9.19. The first-order valence-electron chi connectivity index (χ1n) is 6.24. The van der Waals surface area contributed by atoms with Gasteiger partial charge < -0.3 is 9.47 Å². The molecule has 5 heteroatoms. The van der Waals surface area contributed by atoms with E-state index in [1.807, 2.05) is 0 Å². The normalized spacial score (nSPS) is 10.3. The Kier molecular flexibility index (Phi) is 4.96. The van der Waals surface area contributed by atoms with Crippen molar-refractivity contribution in [3.05, 3.63) is 57.8 Å². The van der Waals surface area contributed by atoms with E-state index in [0.29, 0.717) is 21.5 Å². The number of rotatable bonds is 5. The number of halogens is 2. The van der Waals surface area contributed by atoms with Crippen LogP contribution in [0.25, 0.3) is 0 Å². The SMILES string of the molecule is COc1cc(OC)c(C(=O)Cc2ccc(F)cc2)cc1Br. The zero-order chi connectivity index (χ0) is 15.4. The Morgan fingerprint density at radius 3 is 2.29 bits per heavy atom. The van der Waals surface area contributed by atoms with Crippen LogP contribution in [0.3, 0.4) is 0 Å². The standard InChI is InChI=1S/C16H14BrFO3/c1-20-15-9-16(21-2)13(17)8-12(15)14(19)7-10-3-5-11(18)6-4-10/h3-6,8-9H,7H2,1-2H3. The Balaban J connectivity index is 2.30. The zero-order valence-corrected chi connectivity index (χ0v) is 13.2. The minimum atomic E-state index is -0.323. The Labute approximate surface area is 130 Å². The number of hydrogen-bond acceptors (Lipinski definition) is 3. The van der Waals surface area contributed by atoms with Crippen molar-refractivity contribution < 1.29 is 18.7 Å². The molecule has 0 aliphatic heterocycles. The van der Waals surface area contributed by atoms with E-state index in [4.69, 9.17) is 9.47 Å². The molecule has 0 aromatic heterocycles. The van der Waals surface area contributed by atoms with Crippen LogP contribution in [0.4, 0.5) is 4.39 Å². The van der Waals surface area contributed by atoms with E-state index in [0.717, 1.165) is 5.56 Å². The molecule has 2 aromatic carbocycles. The van der Waals surface area contributed by atoms with Gasteiger partial charge in [-0.05, 0) is 39.7 Å². The van der Waals surface area contributed by atoms with Crippen molar-refractivity contribution in [1.29, 1.82) is 0 Å². The van der Waals surface area contributed by atoms with Gasteiger partial charge in [0.2, 0.25) is 0 Å². The molecule has 3 nitrogen and oxygen atoms in total. The Bertz CT molecular complexity index is 653. The molecular weight excluding hydrogens is 339 g/mol. The summed E-state index contributed by atoms with van der Waals surface area (Å²) >= 11 is 3.35. The topological polar surface area (TPSA) is 35.5 Å². The second-order valence-electron chi connectivity index (χ2n) is 4.41. The second kappa shape index (κ2) is 6.72. The van der Waals surface area contributed by atoms with Crippen LogP contribution in [0.5, 0.6) is 11.5 Å². The number of ketones is 1. The highest BCUT2D eigenvalue weighted by molar-refractivity contribution is 9.10. The third kappa shape index (κ3) is 3.61. The summed E-state index contributed by atoms with van der Waals surface area (Å²) < 4.78 is 24.0. The van der Waals surface area contributed by atoms with Gasteiger partial charge in [-0.25, -0.2) is 4.39 Å². The van der Waals surface area contributed by atoms with Gasteiger partial charge in [-0.2, -0.15) is 0 Å². The van der Waals surface area contributed by atoms with Gasteiger partial charge in [-0.3, -0.25) is 4.79 Å². The van der Waals surface area contributed by atoms with Crippen molar-refractivity contribution in [2.24, 2.45) is 0 Å². The molecule has 2 aromatic rings. The maximum atomic E-state index is 12.9. The fraction of sp³-hybridized carbons (Fsp3) is 0.188. The minimum Gasteiger partial charge on any atom is -0.496 e. The van der Waals surface area contributed by atoms with Crippen LogP contribution in [-0.4, -0.2) is 20.0 Å². The first kappa shape index (κ1) is 15.5. The van der Waals surface area contributed by atoms with Gasteiger partial charge >= 0.3 is 0 Å². The van der Waals surface area contributed by atoms with Crippen molar-refractivity contribution in [2.75, 3.05) is 14.2 Å². The molecule has 0 atom stereocenters. The van der Waals surface area contributed by atoms with E-state index >= 15 is 0 Å². The van der Waals surface area contributed by atoms with Crippen molar-refractivity contribution in [2.45, 2.75) is 6.42 Å². The molecule has 0 amide bonds. The van der Waals surface area contributed by atoms with Gasteiger partial charge in [-0.1, -0.05) is 12.1 Å². The van der Waals surface area contributed by atoms with Crippen LogP contribution >= 0.6 is 15.9 Å². The van der Waals surface area contributed by atoms with Crippen molar-refractivity contribution >= 4 is 21.7 Å². The number of carbonyl (C=O) groups excluding carboxylic acids is 1. The average molecular weight is 353 g/mol. The summed E-state index contributed by atoms with van der Waals surface area (Å²) in [6.07, 6.45) is 0.176. The molecule has 0 radical (unpaired) electrons. The molecule has 0 bridgehead atoms. The molecule has 0 saturated carbocycles. The molecule has 0 heterocycles. The summed E-state index contributed by atoms with van der Waals surface area (Å²) in [6.45, 7) is 0. The number of ether oxygens (including phenoxy) is 2. The lowest BCUT2D eigenvalue weighted by molar-refractivity contribution is 0.0990. The highest BCUT2D eigenvalue weighted by Crippen LogP contribution is 2.33. The summed E-state index contributed by atoms with van der Waals surface area (Å²) in [5.41, 5.74) is 1.20. The quantitative estimate of drug-likeness (QED) is 0.762. The lowest BCUT2D eigenvalue weighted by Crippen LogP contribution is -2.06. The molecule has 21 heavy (non-hydrogen) atoms. The molecule has 0 saturated heterocycles. The number of Topliss-reactive ketones (excluding diaryl/α,β-unsaturated/α-hetero) is 1. The van der Waals surface area contributed by atoms with Gasteiger partial charge in [0.1, 0.15) is 17.3 Å². The van der Waals surface area contributed by atoms with Crippen molar-refractivity contribution in [1.82, 2.24) is 0 Å². The van der Waals surface area contributed by atoms with Crippen LogP contribution < -0.4 is 9.47 Å². The van der Waals surface area contributed by atoms with E-state index < -0.39 is 0 Å². The van der Waals surface area contributed by atoms with E-state index in [1.54, 1.807) is 31.4 Å². The third-order valence-electron chi connectivity index (χ3n) is 3.05. The lowest BCUT2D eigenvalue weighted by atomic mass is 10.0. The molecule has 0 spiro atoms. The minimum absolute atomic E-state index is 0.109. The summed E-state index contributed by atoms with van der Waals surface area (Å²) in [4.78, 5) is 12.4. The van der Waals surface area contributed by atoms with Crippen LogP contribution in [0.2, 0.25) is 0 Å². The monoisotopic (exact) mass is 352 g/mol. The smallest absolute Gasteiger partial charge is 0.171 e. The Hall–Kier alpha value is -1.88. The predicted octanol–water partition coefficient (Wildman–Crippen LogP) is 4.03. The molecule has 110 valence electrons. The lowest BCUT2D eigenvalue weighted by Gasteiger charge is -2.11. The number of methoxy groups -OCH3 is 2. The Morgan fingerprint density at radius 2 is 1.71 bits per heavy atom. The predicted molar refractivity (Wildman–Crippen MR) is 81.7 cm³/mol. The van der Waals surface area contributed by atoms with Gasteiger partial charge in [0.15, 0.2) is 5.78 Å². The molecule has 0 aliphatic carbocycles. The number of carbonyl (C=O) groups is 1.